The van der Waals surface area contributed by atoms with Crippen LogP contribution in [0.3, 0.4) is 0 Å². The Morgan fingerprint density at radius 2 is 2.30 bits per heavy atom. The molecule has 1 N–H and O–H groups in total. The molecule has 10 heavy (non-hydrogen) atoms. The van der Waals surface area contributed by atoms with Gasteiger partial charge in [-0.05, 0) is 13.5 Å². The monoisotopic (exact) mass is 214 g/mol. The number of nitrogens with one attached hydrogen (secondary N) is 1. The zero-order chi connectivity index (χ0) is 6.85. The molecule has 1 atom stereocenters. The summed E-state index contributed by atoms with van der Waals surface area (Å²) in [5, 5.41) is 7.28. The molecule has 1 saturated heterocycles. The molecule has 1 aliphatic rings. The van der Waals surface area contributed by atoms with Crippen molar-refractivity contribution in [3.05, 3.63) is 6.54 Å². The number of nitrogens with zero attached hydrogens (tertiary/aromatic N) is 1. The van der Waals surface area contributed by atoms with Crippen molar-refractivity contribution in [2.75, 3.05) is 6.54 Å². The molecule has 1 radical (unpaired) electrons. The molecule has 0 spiro atoms. The molecular weight excluding hydrogens is 201 g/mol. The quantitative estimate of drug-likeness (QED) is 0.369. The van der Waals surface area contributed by atoms with Crippen LogP contribution in [0.5, 0.6) is 0 Å². The van der Waals surface area contributed by atoms with Gasteiger partial charge in [-0.25, -0.2) is 6.54 Å². The molecule has 0 bridgehead atoms. The van der Waals surface area contributed by atoms with E-state index in [2.05, 4.69) is 13.5 Å². The Bertz CT molecular complexity index is 125. The summed E-state index contributed by atoms with van der Waals surface area (Å²) < 4.78 is 0. The Morgan fingerprint density at radius 3 is 2.50 bits per heavy atom. The molecular formula is C7H13N2Y-. The van der Waals surface area contributed by atoms with E-state index in [0.29, 0.717) is 5.84 Å². The molecule has 0 aromatic heterocycles. The van der Waals surface area contributed by atoms with Crippen molar-refractivity contribution < 1.29 is 32.7 Å². The third-order valence-corrected chi connectivity index (χ3v) is 1.67. The minimum Gasteiger partial charge on any atom is -0.511 e. The first-order chi connectivity index (χ1) is 4.20. The largest absolute Gasteiger partial charge is 0.511 e. The maximum atomic E-state index is 7.28. The maximum Gasteiger partial charge on any atom is 0.0631 e. The van der Waals surface area contributed by atoms with Gasteiger partial charge in [0.25, 0.3) is 0 Å². The smallest absolute Gasteiger partial charge is 0.0631 e. The van der Waals surface area contributed by atoms with Crippen LogP contribution in [0.2, 0.25) is 0 Å². The van der Waals surface area contributed by atoms with Crippen LogP contribution in [-0.4, -0.2) is 17.3 Å². The number of hydrogen-bond acceptors (Lipinski definition) is 1. The van der Waals surface area contributed by atoms with E-state index in [1.54, 1.807) is 0 Å². The van der Waals surface area contributed by atoms with E-state index >= 15 is 0 Å². The van der Waals surface area contributed by atoms with Gasteiger partial charge in [0.15, 0.2) is 0 Å². The van der Waals surface area contributed by atoms with Gasteiger partial charge in [-0.3, -0.25) is 5.41 Å². The Hall–Kier alpha value is 0.574. The number of likely N-dealkylation sites (tertiary alicyclic amines) is 1. The Kier molecular flexibility index (Phi) is 4.71. The fraction of sp³-hybridized carbons (Fsp3) is 0.714. The molecule has 1 rings (SSSR count). The van der Waals surface area contributed by atoms with Gasteiger partial charge in [0.1, 0.15) is 0 Å². The molecule has 0 amide bonds. The molecule has 55 valence electrons. The van der Waals surface area contributed by atoms with Crippen molar-refractivity contribution >= 4 is 5.84 Å². The Labute approximate surface area is 87.8 Å². The third kappa shape index (κ3) is 2.67. The van der Waals surface area contributed by atoms with Gasteiger partial charge in [0.2, 0.25) is 0 Å². The van der Waals surface area contributed by atoms with Crippen LogP contribution in [-0.2, 0) is 32.7 Å². The summed E-state index contributed by atoms with van der Waals surface area (Å²) in [4.78, 5) is 2.00. The van der Waals surface area contributed by atoms with E-state index in [0.717, 1.165) is 18.9 Å². The fourth-order valence-corrected chi connectivity index (χ4v) is 1.07. The van der Waals surface area contributed by atoms with Crippen molar-refractivity contribution in [2.24, 2.45) is 5.92 Å². The molecule has 2 nitrogen and oxygen atoms in total. The summed E-state index contributed by atoms with van der Waals surface area (Å²) in [5.74, 6) is 1.41. The average molecular weight is 214 g/mol. The molecule has 3 heteroatoms. The van der Waals surface area contributed by atoms with E-state index in [-0.39, 0.29) is 32.7 Å². The summed E-state index contributed by atoms with van der Waals surface area (Å²) in [7, 11) is 0. The van der Waals surface area contributed by atoms with Gasteiger partial charge in [-0.2, -0.15) is 6.42 Å². The molecule has 1 heterocycles. The van der Waals surface area contributed by atoms with Gasteiger partial charge in [0.05, 0.1) is 5.84 Å². The molecule has 1 aliphatic heterocycles. The van der Waals surface area contributed by atoms with Crippen LogP contribution in [0.15, 0.2) is 0 Å². The predicted octanol–water partition coefficient (Wildman–Crippen LogP) is 1.48. The number of hydrogen-bond donors (Lipinski definition) is 1. The van der Waals surface area contributed by atoms with Crippen LogP contribution in [0.4, 0.5) is 0 Å². The zero-order valence-electron chi connectivity index (χ0n) is 6.59. The van der Waals surface area contributed by atoms with Gasteiger partial charge < -0.3 is 4.90 Å². The second kappa shape index (κ2) is 4.45. The molecule has 0 aromatic rings. The minimum atomic E-state index is 0. The van der Waals surface area contributed by atoms with Crippen LogP contribution < -0.4 is 0 Å². The maximum absolute atomic E-state index is 7.28. The molecule has 1 unspecified atom stereocenters. The zero-order valence-corrected chi connectivity index (χ0v) is 9.43. The van der Waals surface area contributed by atoms with Gasteiger partial charge in [0, 0.05) is 32.7 Å². The van der Waals surface area contributed by atoms with Gasteiger partial charge >= 0.3 is 0 Å². The number of amidine groups is 1. The van der Waals surface area contributed by atoms with E-state index in [9.17, 15) is 0 Å². The fourth-order valence-electron chi connectivity index (χ4n) is 1.07. The van der Waals surface area contributed by atoms with E-state index in [1.807, 2.05) is 11.8 Å². The minimum absolute atomic E-state index is 0. The van der Waals surface area contributed by atoms with Crippen LogP contribution in [0.25, 0.3) is 0 Å². The number of rotatable bonds is 0. The van der Waals surface area contributed by atoms with Crippen LogP contribution in [0, 0.1) is 17.9 Å². The SMILES string of the molecule is CC(=N)N1[CH-]CC(C)C1.[Y]. The molecule has 0 aliphatic carbocycles. The Balaban J connectivity index is 0.000000810. The van der Waals surface area contributed by atoms with Crippen molar-refractivity contribution in [1.82, 2.24) is 4.90 Å². The molecule has 0 aromatic carbocycles. The van der Waals surface area contributed by atoms with Crippen molar-refractivity contribution in [1.29, 1.82) is 5.41 Å². The summed E-state index contributed by atoms with van der Waals surface area (Å²) in [6, 6.07) is 0. The van der Waals surface area contributed by atoms with E-state index < -0.39 is 0 Å². The molecule has 1 fully saturated rings. The first-order valence-electron chi connectivity index (χ1n) is 3.35. The normalized spacial score (nSPS) is 24.2. The Morgan fingerprint density at radius 1 is 1.70 bits per heavy atom. The summed E-state index contributed by atoms with van der Waals surface area (Å²) >= 11 is 0. The first-order valence-corrected chi connectivity index (χ1v) is 3.35. The predicted molar refractivity (Wildman–Crippen MR) is 38.2 cm³/mol. The van der Waals surface area contributed by atoms with Crippen LogP contribution >= 0.6 is 0 Å². The van der Waals surface area contributed by atoms with E-state index in [4.69, 9.17) is 5.41 Å². The van der Waals surface area contributed by atoms with Crippen molar-refractivity contribution in [3.8, 4) is 0 Å². The standard InChI is InChI=1S/C7H13N2.Y/c1-6-3-4-9(5-6)7(2)8;/h4,6,8H,3,5H2,1-2H3;/q-1;. The third-order valence-electron chi connectivity index (χ3n) is 1.67. The molecule has 0 saturated carbocycles. The average Bonchev–Trinajstić information content (AvgIpc) is 2.14. The second-order valence-electron chi connectivity index (χ2n) is 2.76. The van der Waals surface area contributed by atoms with Crippen molar-refractivity contribution in [2.45, 2.75) is 20.3 Å². The summed E-state index contributed by atoms with van der Waals surface area (Å²) in [5.41, 5.74) is 0. The topological polar surface area (TPSA) is 27.1 Å². The van der Waals surface area contributed by atoms with Crippen molar-refractivity contribution in [3.63, 3.8) is 0 Å². The summed E-state index contributed by atoms with van der Waals surface area (Å²) in [6.45, 7) is 7.18. The van der Waals surface area contributed by atoms with Gasteiger partial charge in [-0.15, -0.1) is 0 Å². The second-order valence-corrected chi connectivity index (χ2v) is 2.76. The first kappa shape index (κ1) is 10.6. The summed E-state index contributed by atoms with van der Waals surface area (Å²) in [6.07, 6.45) is 1.14. The van der Waals surface area contributed by atoms with E-state index in [1.165, 1.54) is 0 Å². The van der Waals surface area contributed by atoms with Gasteiger partial charge in [-0.1, -0.05) is 12.8 Å². The van der Waals surface area contributed by atoms with Crippen LogP contribution in [0.1, 0.15) is 20.3 Å².